The third-order valence-corrected chi connectivity index (χ3v) is 5.68. The van der Waals surface area contributed by atoms with Crippen molar-refractivity contribution in [1.29, 1.82) is 0 Å². The third-order valence-electron chi connectivity index (χ3n) is 5.38. The van der Waals surface area contributed by atoms with E-state index in [1.165, 1.54) is 12.8 Å². The van der Waals surface area contributed by atoms with Crippen molar-refractivity contribution in [3.8, 4) is 5.75 Å². The summed E-state index contributed by atoms with van der Waals surface area (Å²) in [4.78, 5) is 11.0. The number of benzene rings is 1. The predicted octanol–water partition coefficient (Wildman–Crippen LogP) is 4.09. The van der Waals surface area contributed by atoms with Gasteiger partial charge in [0.2, 0.25) is 0 Å². The highest BCUT2D eigenvalue weighted by molar-refractivity contribution is 14.0. The molecule has 1 atom stereocenters. The first-order valence-corrected chi connectivity index (χ1v) is 10.6. The Bertz CT molecular complexity index is 861. The molecule has 1 aromatic carbocycles. The highest BCUT2D eigenvalue weighted by Crippen LogP contribution is 2.30. The van der Waals surface area contributed by atoms with Crippen LogP contribution in [0.4, 0.5) is 5.82 Å². The number of nitrogens with zero attached hydrogens (tertiary/aromatic N) is 3. The van der Waals surface area contributed by atoms with E-state index in [0.29, 0.717) is 17.6 Å². The number of anilines is 1. The molecule has 0 radical (unpaired) electrons. The van der Waals surface area contributed by atoms with Gasteiger partial charge in [-0.1, -0.05) is 29.8 Å². The van der Waals surface area contributed by atoms with Crippen molar-refractivity contribution in [2.75, 3.05) is 31.6 Å². The standard InChI is InChI=1S/C22H28ClN5O.HI/c1-24-22(26-13-17-5-2-3-7-20(17)29-15-16-8-9-16)27-18-10-12-28(14-18)21-19(23)6-4-11-25-21;/h2-7,11,16,18H,8-10,12-15H2,1H3,(H2,24,26,27);1H. The zero-order valence-corrected chi connectivity index (χ0v) is 20.3. The molecule has 1 saturated carbocycles. The molecule has 1 aliphatic carbocycles. The zero-order valence-electron chi connectivity index (χ0n) is 17.2. The Balaban J connectivity index is 0.00000256. The van der Waals surface area contributed by atoms with Crippen LogP contribution in [0.1, 0.15) is 24.8 Å². The molecular formula is C22H29ClIN5O. The molecule has 2 aliphatic rings. The Labute approximate surface area is 200 Å². The molecule has 162 valence electrons. The summed E-state index contributed by atoms with van der Waals surface area (Å²) < 4.78 is 6.01. The molecule has 1 aliphatic heterocycles. The maximum Gasteiger partial charge on any atom is 0.191 e. The minimum atomic E-state index is 0. The van der Waals surface area contributed by atoms with Gasteiger partial charge < -0.3 is 20.3 Å². The molecular weight excluding hydrogens is 513 g/mol. The first kappa shape index (κ1) is 22.9. The maximum absolute atomic E-state index is 6.29. The van der Waals surface area contributed by atoms with Crippen LogP contribution in [-0.4, -0.2) is 43.7 Å². The van der Waals surface area contributed by atoms with Crippen molar-refractivity contribution in [3.63, 3.8) is 0 Å². The zero-order chi connectivity index (χ0) is 20.1. The highest BCUT2D eigenvalue weighted by Gasteiger charge is 2.25. The van der Waals surface area contributed by atoms with Crippen molar-refractivity contribution in [2.45, 2.75) is 31.8 Å². The Hall–Kier alpha value is -1.74. The van der Waals surface area contributed by atoms with Gasteiger partial charge in [0.1, 0.15) is 11.6 Å². The van der Waals surface area contributed by atoms with Crippen LogP contribution in [0, 0.1) is 5.92 Å². The molecule has 30 heavy (non-hydrogen) atoms. The molecule has 8 heteroatoms. The molecule has 1 aromatic heterocycles. The maximum atomic E-state index is 6.29. The van der Waals surface area contributed by atoms with Crippen LogP contribution in [0.25, 0.3) is 0 Å². The number of nitrogens with one attached hydrogen (secondary N) is 2. The van der Waals surface area contributed by atoms with Gasteiger partial charge in [-0.2, -0.15) is 0 Å². The molecule has 2 fully saturated rings. The van der Waals surface area contributed by atoms with Crippen molar-refractivity contribution in [1.82, 2.24) is 15.6 Å². The molecule has 2 heterocycles. The van der Waals surface area contributed by atoms with E-state index in [9.17, 15) is 0 Å². The summed E-state index contributed by atoms with van der Waals surface area (Å²) in [6, 6.07) is 12.2. The Morgan fingerprint density at radius 1 is 1.23 bits per heavy atom. The summed E-state index contributed by atoms with van der Waals surface area (Å²) in [5, 5.41) is 7.63. The van der Waals surface area contributed by atoms with Crippen molar-refractivity contribution in [3.05, 3.63) is 53.2 Å². The molecule has 2 N–H and O–H groups in total. The lowest BCUT2D eigenvalue weighted by atomic mass is 10.2. The number of aliphatic imine (C=N–C) groups is 1. The van der Waals surface area contributed by atoms with E-state index in [1.54, 1.807) is 13.2 Å². The number of pyridine rings is 1. The number of halogens is 2. The number of hydrogen-bond donors (Lipinski definition) is 2. The van der Waals surface area contributed by atoms with E-state index in [4.69, 9.17) is 16.3 Å². The summed E-state index contributed by atoms with van der Waals surface area (Å²) in [7, 11) is 1.80. The van der Waals surface area contributed by atoms with E-state index >= 15 is 0 Å². The average Bonchev–Trinajstić information content (AvgIpc) is 3.47. The fraction of sp³-hybridized carbons (Fsp3) is 0.455. The van der Waals surface area contributed by atoms with E-state index in [1.807, 2.05) is 30.3 Å². The van der Waals surface area contributed by atoms with Crippen LogP contribution in [0.2, 0.25) is 5.02 Å². The number of ether oxygens (including phenoxy) is 1. The first-order valence-electron chi connectivity index (χ1n) is 10.3. The van der Waals surface area contributed by atoms with E-state index < -0.39 is 0 Å². The van der Waals surface area contributed by atoms with Crippen molar-refractivity contribution >= 4 is 47.4 Å². The van der Waals surface area contributed by atoms with E-state index in [0.717, 1.165) is 55.1 Å². The normalized spacial score (nSPS) is 18.7. The van der Waals surface area contributed by atoms with Crippen LogP contribution in [0.3, 0.4) is 0 Å². The van der Waals surface area contributed by atoms with Crippen LogP contribution in [0.15, 0.2) is 47.6 Å². The second kappa shape index (κ2) is 11.0. The van der Waals surface area contributed by atoms with Gasteiger partial charge in [0, 0.05) is 44.5 Å². The van der Waals surface area contributed by atoms with Crippen LogP contribution in [0.5, 0.6) is 5.75 Å². The van der Waals surface area contributed by atoms with Gasteiger partial charge in [-0.15, -0.1) is 24.0 Å². The summed E-state index contributed by atoms with van der Waals surface area (Å²) in [5.41, 5.74) is 1.14. The van der Waals surface area contributed by atoms with Gasteiger partial charge in [0.15, 0.2) is 5.96 Å². The lowest BCUT2D eigenvalue weighted by Gasteiger charge is -2.20. The van der Waals surface area contributed by atoms with Gasteiger partial charge in [-0.3, -0.25) is 4.99 Å². The summed E-state index contributed by atoms with van der Waals surface area (Å²) >= 11 is 6.29. The highest BCUT2D eigenvalue weighted by atomic mass is 127. The molecule has 1 unspecified atom stereocenters. The second-order valence-electron chi connectivity index (χ2n) is 7.67. The van der Waals surface area contributed by atoms with E-state index in [2.05, 4.69) is 31.6 Å². The third kappa shape index (κ3) is 6.14. The largest absolute Gasteiger partial charge is 0.493 e. The van der Waals surface area contributed by atoms with Crippen LogP contribution >= 0.6 is 35.6 Å². The van der Waals surface area contributed by atoms with Gasteiger partial charge in [-0.05, 0) is 43.4 Å². The van der Waals surface area contributed by atoms with E-state index in [-0.39, 0.29) is 24.0 Å². The summed E-state index contributed by atoms with van der Waals surface area (Å²) in [5.74, 6) is 3.34. The Morgan fingerprint density at radius 2 is 2.07 bits per heavy atom. The number of para-hydroxylation sites is 1. The molecule has 0 amide bonds. The molecule has 2 aromatic rings. The van der Waals surface area contributed by atoms with Gasteiger partial charge >= 0.3 is 0 Å². The first-order chi connectivity index (χ1) is 14.2. The number of rotatable bonds is 7. The minimum Gasteiger partial charge on any atom is -0.493 e. The lowest BCUT2D eigenvalue weighted by Crippen LogP contribution is -2.44. The monoisotopic (exact) mass is 541 g/mol. The fourth-order valence-electron chi connectivity index (χ4n) is 3.53. The summed E-state index contributed by atoms with van der Waals surface area (Å²) in [6.45, 7) is 3.25. The van der Waals surface area contributed by atoms with Gasteiger partial charge in [-0.25, -0.2) is 4.98 Å². The molecule has 1 saturated heterocycles. The SMILES string of the molecule is CN=C(NCc1ccccc1OCC1CC1)NC1CCN(c2ncccc2Cl)C1.I. The van der Waals surface area contributed by atoms with Crippen molar-refractivity contribution < 1.29 is 4.74 Å². The predicted molar refractivity (Wildman–Crippen MR) is 133 cm³/mol. The smallest absolute Gasteiger partial charge is 0.191 e. The number of hydrogen-bond acceptors (Lipinski definition) is 4. The average molecular weight is 542 g/mol. The van der Waals surface area contributed by atoms with Gasteiger partial charge in [0.05, 0.1) is 11.6 Å². The minimum absolute atomic E-state index is 0. The quantitative estimate of drug-likeness (QED) is 0.314. The Kier molecular flexibility index (Phi) is 8.44. The van der Waals surface area contributed by atoms with Crippen LogP contribution < -0.4 is 20.3 Å². The lowest BCUT2D eigenvalue weighted by molar-refractivity contribution is 0.296. The fourth-order valence-corrected chi connectivity index (χ4v) is 3.77. The topological polar surface area (TPSA) is 61.8 Å². The Morgan fingerprint density at radius 3 is 2.83 bits per heavy atom. The molecule has 0 spiro atoms. The molecule has 6 nitrogen and oxygen atoms in total. The van der Waals surface area contributed by atoms with Crippen LogP contribution in [-0.2, 0) is 6.54 Å². The number of guanidine groups is 1. The molecule has 4 rings (SSSR count). The summed E-state index contributed by atoms with van der Waals surface area (Å²) in [6.07, 6.45) is 5.37. The molecule has 0 bridgehead atoms. The van der Waals surface area contributed by atoms with Gasteiger partial charge in [0.25, 0.3) is 0 Å². The second-order valence-corrected chi connectivity index (χ2v) is 8.08. The number of aromatic nitrogens is 1. The van der Waals surface area contributed by atoms with Crippen molar-refractivity contribution in [2.24, 2.45) is 10.9 Å².